The Morgan fingerprint density at radius 2 is 2.00 bits per heavy atom. The van der Waals surface area contributed by atoms with Gasteiger partial charge in [0.25, 0.3) is 0 Å². The molecule has 0 heterocycles. The number of ether oxygens (including phenoxy) is 2. The number of hydrogen-bond acceptors (Lipinski definition) is 6. The van der Waals surface area contributed by atoms with E-state index >= 15 is 0 Å². The van der Waals surface area contributed by atoms with E-state index in [2.05, 4.69) is 15.2 Å². The number of nitrogens with zero attached hydrogens (tertiary/aromatic N) is 1. The highest BCUT2D eigenvalue weighted by molar-refractivity contribution is 5.82. The average molecular weight is 326 g/mol. The van der Waals surface area contributed by atoms with Crippen molar-refractivity contribution in [1.82, 2.24) is 5.32 Å². The van der Waals surface area contributed by atoms with Crippen molar-refractivity contribution in [2.24, 2.45) is 5.18 Å². The molecule has 0 saturated carbocycles. The lowest BCUT2D eigenvalue weighted by Gasteiger charge is -2.22. The van der Waals surface area contributed by atoms with Crippen LogP contribution in [0.5, 0.6) is 0 Å². The van der Waals surface area contributed by atoms with Crippen LogP contribution < -0.4 is 5.32 Å². The van der Waals surface area contributed by atoms with Gasteiger partial charge in [0, 0.05) is 6.42 Å². The normalized spacial score (nSPS) is 12.2. The number of carbonyl (C=O) groups is 2. The van der Waals surface area contributed by atoms with Gasteiger partial charge in [-0.25, -0.2) is 14.0 Å². The number of rotatable bonds is 5. The molecule has 0 radical (unpaired) electrons. The maximum atomic E-state index is 13.3. The molecule has 1 rings (SSSR count). The Morgan fingerprint density at radius 1 is 1.35 bits per heavy atom. The van der Waals surface area contributed by atoms with Crippen molar-refractivity contribution in [2.45, 2.75) is 38.8 Å². The van der Waals surface area contributed by atoms with Gasteiger partial charge in [0.2, 0.25) is 0 Å². The molecule has 0 unspecified atom stereocenters. The number of benzene rings is 1. The number of methoxy groups -OCH3 is 1. The zero-order valence-electron chi connectivity index (χ0n) is 13.4. The molecule has 0 aliphatic rings. The standard InChI is InChI=1S/C15H19FN2O5/c1-15(2,3)23-14(20)17-12(13(19)22-4)8-9-7-10(16)5-6-11(9)18-21/h5-7,12H,8H2,1-4H3,(H,17,20)/t12-/m0/s1. The van der Waals surface area contributed by atoms with E-state index in [1.807, 2.05) is 0 Å². The summed E-state index contributed by atoms with van der Waals surface area (Å²) in [6.07, 6.45) is -0.991. The summed E-state index contributed by atoms with van der Waals surface area (Å²) in [7, 11) is 1.15. The van der Waals surface area contributed by atoms with E-state index in [1.165, 1.54) is 6.07 Å². The monoisotopic (exact) mass is 326 g/mol. The zero-order valence-corrected chi connectivity index (χ0v) is 13.4. The molecule has 7 nitrogen and oxygen atoms in total. The van der Waals surface area contributed by atoms with Gasteiger partial charge in [0.05, 0.1) is 7.11 Å². The quantitative estimate of drug-likeness (QED) is 0.663. The van der Waals surface area contributed by atoms with Crippen LogP contribution in [0.4, 0.5) is 14.9 Å². The van der Waals surface area contributed by atoms with E-state index in [0.29, 0.717) is 0 Å². The van der Waals surface area contributed by atoms with E-state index in [-0.39, 0.29) is 17.7 Å². The van der Waals surface area contributed by atoms with Gasteiger partial charge in [-0.1, -0.05) is 0 Å². The molecule has 1 amide bonds. The lowest BCUT2D eigenvalue weighted by Crippen LogP contribution is -2.45. The molecular weight excluding hydrogens is 307 g/mol. The van der Waals surface area contributed by atoms with Crippen molar-refractivity contribution in [2.75, 3.05) is 7.11 Å². The predicted molar refractivity (Wildman–Crippen MR) is 80.7 cm³/mol. The molecule has 0 bridgehead atoms. The number of alkyl carbamates (subject to hydrolysis) is 1. The molecule has 8 heteroatoms. The molecule has 0 aliphatic carbocycles. The van der Waals surface area contributed by atoms with Gasteiger partial charge in [-0.05, 0) is 49.7 Å². The van der Waals surface area contributed by atoms with Gasteiger partial charge in [-0.3, -0.25) is 0 Å². The van der Waals surface area contributed by atoms with Crippen LogP contribution in [0, 0.1) is 10.7 Å². The second kappa shape index (κ2) is 7.66. The number of halogens is 1. The summed E-state index contributed by atoms with van der Waals surface area (Å²) in [5, 5.41) is 5.12. The first-order valence-corrected chi connectivity index (χ1v) is 6.85. The fraction of sp³-hybridized carbons (Fsp3) is 0.467. The van der Waals surface area contributed by atoms with Crippen LogP contribution in [0.15, 0.2) is 23.4 Å². The molecule has 0 aliphatic heterocycles. The third kappa shape index (κ3) is 6.01. The number of hydrogen-bond donors (Lipinski definition) is 1. The van der Waals surface area contributed by atoms with Crippen LogP contribution in [0.25, 0.3) is 0 Å². The van der Waals surface area contributed by atoms with Crippen molar-refractivity contribution in [3.8, 4) is 0 Å². The lowest BCUT2D eigenvalue weighted by atomic mass is 10.0. The van der Waals surface area contributed by atoms with Gasteiger partial charge < -0.3 is 14.8 Å². The zero-order chi connectivity index (χ0) is 17.6. The average Bonchev–Trinajstić information content (AvgIpc) is 2.44. The van der Waals surface area contributed by atoms with E-state index in [1.54, 1.807) is 20.8 Å². The number of nitrogens with one attached hydrogen (secondary N) is 1. The summed E-state index contributed by atoms with van der Waals surface area (Å²) in [6.45, 7) is 5.00. The number of carbonyl (C=O) groups excluding carboxylic acids is 2. The van der Waals surface area contributed by atoms with Crippen molar-refractivity contribution >= 4 is 17.7 Å². The summed E-state index contributed by atoms with van der Waals surface area (Å²) < 4.78 is 23.0. The minimum absolute atomic E-state index is 0.0220. The molecule has 1 atom stereocenters. The highest BCUT2D eigenvalue weighted by Crippen LogP contribution is 2.22. The minimum atomic E-state index is -1.14. The number of nitroso groups, excluding NO2 is 1. The fourth-order valence-corrected chi connectivity index (χ4v) is 1.81. The second-order valence-electron chi connectivity index (χ2n) is 5.79. The van der Waals surface area contributed by atoms with Crippen LogP contribution in [-0.4, -0.2) is 30.8 Å². The van der Waals surface area contributed by atoms with Gasteiger partial charge >= 0.3 is 12.1 Å². The SMILES string of the molecule is COC(=O)[C@H](Cc1cc(F)ccc1N=O)NC(=O)OC(C)(C)C. The predicted octanol–water partition coefficient (Wildman–Crippen LogP) is 2.83. The van der Waals surface area contributed by atoms with E-state index in [4.69, 9.17) is 4.74 Å². The largest absolute Gasteiger partial charge is 0.467 e. The first kappa shape index (κ1) is 18.5. The molecule has 0 spiro atoms. The van der Waals surface area contributed by atoms with Gasteiger partial charge in [-0.2, -0.15) is 0 Å². The molecule has 1 aromatic rings. The number of esters is 1. The van der Waals surface area contributed by atoms with Crippen molar-refractivity contribution in [1.29, 1.82) is 0 Å². The Kier molecular flexibility index (Phi) is 6.18. The summed E-state index contributed by atoms with van der Waals surface area (Å²) in [6, 6.07) is 2.20. The van der Waals surface area contributed by atoms with E-state index in [0.717, 1.165) is 19.2 Å². The van der Waals surface area contributed by atoms with Gasteiger partial charge in [-0.15, -0.1) is 4.91 Å². The topological polar surface area (TPSA) is 94.1 Å². The summed E-state index contributed by atoms with van der Waals surface area (Å²) in [5.74, 6) is -1.34. The smallest absolute Gasteiger partial charge is 0.408 e. The first-order chi connectivity index (χ1) is 10.7. The fourth-order valence-electron chi connectivity index (χ4n) is 1.81. The molecule has 126 valence electrons. The highest BCUT2D eigenvalue weighted by atomic mass is 19.1. The van der Waals surface area contributed by atoms with Crippen molar-refractivity contribution in [3.05, 3.63) is 34.5 Å². The van der Waals surface area contributed by atoms with E-state index in [9.17, 15) is 18.9 Å². The summed E-state index contributed by atoms with van der Waals surface area (Å²) >= 11 is 0. The maximum Gasteiger partial charge on any atom is 0.408 e. The molecule has 23 heavy (non-hydrogen) atoms. The molecule has 1 aromatic carbocycles. The maximum absolute atomic E-state index is 13.3. The Labute approximate surface area is 133 Å². The lowest BCUT2D eigenvalue weighted by molar-refractivity contribution is -0.143. The van der Waals surface area contributed by atoms with E-state index < -0.39 is 29.5 Å². The molecular formula is C15H19FN2O5. The highest BCUT2D eigenvalue weighted by Gasteiger charge is 2.26. The third-order valence-corrected chi connectivity index (χ3v) is 2.74. The molecule has 0 aromatic heterocycles. The Balaban J connectivity index is 2.96. The first-order valence-electron chi connectivity index (χ1n) is 6.85. The molecule has 1 N–H and O–H groups in total. The minimum Gasteiger partial charge on any atom is -0.467 e. The Bertz CT molecular complexity index is 598. The van der Waals surface area contributed by atoms with Crippen LogP contribution in [-0.2, 0) is 20.7 Å². The van der Waals surface area contributed by atoms with Crippen LogP contribution in [0.1, 0.15) is 26.3 Å². The molecule has 0 fully saturated rings. The van der Waals surface area contributed by atoms with Crippen molar-refractivity contribution < 1.29 is 23.5 Å². The number of amides is 1. The van der Waals surface area contributed by atoms with Crippen LogP contribution in [0.3, 0.4) is 0 Å². The molecule has 0 saturated heterocycles. The van der Waals surface area contributed by atoms with Crippen LogP contribution in [0.2, 0.25) is 0 Å². The third-order valence-electron chi connectivity index (χ3n) is 2.74. The Hall–Kier alpha value is -2.51. The summed E-state index contributed by atoms with van der Waals surface area (Å²) in [5.41, 5.74) is -0.600. The van der Waals surface area contributed by atoms with Gasteiger partial charge in [0.1, 0.15) is 23.1 Å². The second-order valence-corrected chi connectivity index (χ2v) is 5.79. The van der Waals surface area contributed by atoms with Gasteiger partial charge in [0.15, 0.2) is 0 Å². The summed E-state index contributed by atoms with van der Waals surface area (Å²) in [4.78, 5) is 34.4. The van der Waals surface area contributed by atoms with Crippen molar-refractivity contribution in [3.63, 3.8) is 0 Å². The Morgan fingerprint density at radius 3 is 2.52 bits per heavy atom. The van der Waals surface area contributed by atoms with Crippen LogP contribution >= 0.6 is 0 Å².